The molecule has 5 atom stereocenters. The number of Topliss-reactive ketones (excluding diaryl/α,β-unsaturated/α-hetero) is 1. The molecule has 0 bridgehead atoms. The molecule has 0 aliphatic rings. The van der Waals surface area contributed by atoms with Crippen LogP contribution in [0, 0.1) is 23.5 Å². The highest BCUT2D eigenvalue weighted by Gasteiger charge is 2.35. The summed E-state index contributed by atoms with van der Waals surface area (Å²) in [5, 5.41) is 31.4. The van der Waals surface area contributed by atoms with Gasteiger partial charge in [0.15, 0.2) is 23.2 Å². The first-order valence-corrected chi connectivity index (χ1v) is 17.7. The number of hydrogen-bond donors (Lipinski definition) is 7. The van der Waals surface area contributed by atoms with Gasteiger partial charge in [0.1, 0.15) is 42.5 Å². The Morgan fingerprint density at radius 3 is 1.77 bits per heavy atom. The highest BCUT2D eigenvalue weighted by Crippen LogP contribution is 2.21. The van der Waals surface area contributed by atoms with Crippen LogP contribution in [-0.4, -0.2) is 99.3 Å². The maximum Gasteiger partial charge on any atom is 0.305 e. The molecule has 0 fully saturated rings. The van der Waals surface area contributed by atoms with Crippen LogP contribution >= 0.6 is 0 Å². The lowest BCUT2D eigenvalue weighted by Crippen LogP contribution is -2.60. The van der Waals surface area contributed by atoms with Crippen LogP contribution in [0.3, 0.4) is 0 Å². The van der Waals surface area contributed by atoms with E-state index >= 15 is 0 Å². The fraction of sp³-hybridized carbons (Fsp3) is 0.395. The maximum absolute atomic E-state index is 13.9. The summed E-state index contributed by atoms with van der Waals surface area (Å²) in [6, 6.07) is 5.41. The smallest absolute Gasteiger partial charge is 0.305 e. The third-order valence-corrected chi connectivity index (χ3v) is 8.44. The minimum Gasteiger partial charge on any atom is -0.481 e. The standard InChI is InChI=1S/C38H44F2N6O11/c1-18(2)31(37(55)41-20(5)34(52)43-26(15-29(48)49)28(47)17-57-33-22(39)10-8-11-23(33)40)46-36(54)27(16-30(50)51)44-38(56)32(19(3)4)45-35(53)25-14-13-21-9-6-7-12-24(21)42-25/h6-14,18-20,26-27,31-32H,15-17H2,1-5H3,(H,41,55)(H,43,52)(H,44,56)(H,45,53)(H,46,54)(H,48,49)(H,50,51)/t20-,26-,27?,31-,32-/m0/s1. The minimum absolute atomic E-state index is 0.00938. The predicted octanol–water partition coefficient (Wildman–Crippen LogP) is 1.48. The van der Waals surface area contributed by atoms with E-state index in [1.165, 1.54) is 26.8 Å². The number of nitrogens with zero attached hydrogens (tertiary/aromatic N) is 1. The van der Waals surface area contributed by atoms with E-state index in [0.717, 1.165) is 23.6 Å². The second-order valence-electron chi connectivity index (χ2n) is 13.7. The predicted molar refractivity (Wildman–Crippen MR) is 197 cm³/mol. The largest absolute Gasteiger partial charge is 0.481 e. The number of ether oxygens (including phenoxy) is 1. The second-order valence-corrected chi connectivity index (χ2v) is 13.7. The summed E-state index contributed by atoms with van der Waals surface area (Å²) in [7, 11) is 0. The van der Waals surface area contributed by atoms with Crippen molar-refractivity contribution < 1.29 is 62.1 Å². The molecule has 3 aromatic rings. The van der Waals surface area contributed by atoms with Gasteiger partial charge in [0, 0.05) is 5.39 Å². The minimum atomic E-state index is -1.74. The lowest BCUT2D eigenvalue weighted by molar-refractivity contribution is -0.142. The van der Waals surface area contributed by atoms with E-state index in [1.54, 1.807) is 44.2 Å². The number of para-hydroxylation sites is 2. The van der Waals surface area contributed by atoms with E-state index in [2.05, 4.69) is 31.6 Å². The van der Waals surface area contributed by atoms with E-state index in [1.807, 2.05) is 0 Å². The van der Waals surface area contributed by atoms with Crippen LogP contribution in [0.15, 0.2) is 54.6 Å². The van der Waals surface area contributed by atoms with Gasteiger partial charge in [-0.15, -0.1) is 0 Å². The monoisotopic (exact) mass is 798 g/mol. The average Bonchev–Trinajstić information content (AvgIpc) is 3.13. The van der Waals surface area contributed by atoms with Crippen molar-refractivity contribution in [1.82, 2.24) is 31.6 Å². The van der Waals surface area contributed by atoms with E-state index in [0.29, 0.717) is 5.52 Å². The molecule has 0 spiro atoms. The van der Waals surface area contributed by atoms with Gasteiger partial charge in [-0.05, 0) is 43.0 Å². The van der Waals surface area contributed by atoms with Crippen molar-refractivity contribution in [2.24, 2.45) is 11.8 Å². The first-order chi connectivity index (χ1) is 26.8. The zero-order chi connectivity index (χ0) is 42.6. The van der Waals surface area contributed by atoms with Gasteiger partial charge < -0.3 is 41.5 Å². The molecular weight excluding hydrogens is 754 g/mol. The van der Waals surface area contributed by atoms with Crippen LogP contribution in [0.1, 0.15) is 57.9 Å². The Kier molecular flexibility index (Phi) is 16.1. The van der Waals surface area contributed by atoms with Crippen LogP contribution in [0.25, 0.3) is 10.9 Å². The molecule has 7 N–H and O–H groups in total. The lowest BCUT2D eigenvalue weighted by atomic mass is 10.0. The molecule has 17 nitrogen and oxygen atoms in total. The first-order valence-electron chi connectivity index (χ1n) is 17.7. The molecular formula is C38H44F2N6O11. The van der Waals surface area contributed by atoms with Crippen LogP contribution in [-0.2, 0) is 33.6 Å². The van der Waals surface area contributed by atoms with Crippen LogP contribution in [0.2, 0.25) is 0 Å². The summed E-state index contributed by atoms with van der Waals surface area (Å²) in [5.74, 6) is -13.1. The number of ketones is 1. The number of carbonyl (C=O) groups is 8. The van der Waals surface area contributed by atoms with Gasteiger partial charge in [-0.1, -0.05) is 58.0 Å². The summed E-state index contributed by atoms with van der Waals surface area (Å²) in [5.41, 5.74) is 0.544. The molecule has 1 unspecified atom stereocenters. The molecule has 0 aliphatic carbocycles. The molecule has 19 heteroatoms. The summed E-state index contributed by atoms with van der Waals surface area (Å²) in [4.78, 5) is 107. The topological polar surface area (TPSA) is 259 Å². The molecule has 1 heterocycles. The van der Waals surface area contributed by atoms with Crippen molar-refractivity contribution in [3.63, 3.8) is 0 Å². The molecule has 3 rings (SSSR count). The normalized spacial score (nSPS) is 13.7. The van der Waals surface area contributed by atoms with Crippen molar-refractivity contribution in [3.05, 3.63) is 71.9 Å². The van der Waals surface area contributed by atoms with Crippen molar-refractivity contribution >= 4 is 58.2 Å². The Labute approximate surface area is 325 Å². The molecule has 57 heavy (non-hydrogen) atoms. The van der Waals surface area contributed by atoms with Crippen molar-refractivity contribution in [2.75, 3.05) is 6.61 Å². The molecule has 0 radical (unpaired) electrons. The fourth-order valence-corrected chi connectivity index (χ4v) is 5.33. The fourth-order valence-electron chi connectivity index (χ4n) is 5.33. The highest BCUT2D eigenvalue weighted by atomic mass is 19.1. The molecule has 2 aromatic carbocycles. The number of amides is 5. The van der Waals surface area contributed by atoms with Crippen molar-refractivity contribution in [2.45, 2.75) is 77.7 Å². The maximum atomic E-state index is 13.9. The van der Waals surface area contributed by atoms with Crippen LogP contribution < -0.4 is 31.3 Å². The quantitative estimate of drug-likeness (QED) is 0.0858. The number of halogens is 2. The zero-order valence-electron chi connectivity index (χ0n) is 31.6. The number of rotatable bonds is 20. The van der Waals surface area contributed by atoms with Gasteiger partial charge >= 0.3 is 11.9 Å². The third-order valence-electron chi connectivity index (χ3n) is 8.44. The number of aliphatic carboxylic acids is 2. The molecule has 1 aromatic heterocycles. The molecule has 0 aliphatic heterocycles. The van der Waals surface area contributed by atoms with Crippen molar-refractivity contribution in [3.8, 4) is 5.75 Å². The Morgan fingerprint density at radius 1 is 0.632 bits per heavy atom. The zero-order valence-corrected chi connectivity index (χ0v) is 31.6. The Bertz CT molecular complexity index is 1990. The Balaban J connectivity index is 1.68. The SMILES string of the molecule is CC(C)[C@H](NC(=O)c1ccc2ccccc2n1)C(=O)NC(CC(=O)O)C(=O)N[C@H](C(=O)N[C@@H](C)C(=O)N[C@@H](CC(=O)O)C(=O)COc1c(F)cccc1F)C(C)C. The number of benzene rings is 2. The second kappa shape index (κ2) is 20.4. The molecule has 0 saturated heterocycles. The van der Waals surface area contributed by atoms with Gasteiger partial charge in [0.25, 0.3) is 5.91 Å². The van der Waals surface area contributed by atoms with Gasteiger partial charge in [-0.3, -0.25) is 38.4 Å². The molecule has 306 valence electrons. The van der Waals surface area contributed by atoms with E-state index < -0.39 is 126 Å². The summed E-state index contributed by atoms with van der Waals surface area (Å²) in [6.07, 6.45) is -1.86. The Morgan fingerprint density at radius 2 is 1.18 bits per heavy atom. The number of nitrogens with one attached hydrogen (secondary N) is 5. The lowest BCUT2D eigenvalue weighted by Gasteiger charge is -2.28. The summed E-state index contributed by atoms with van der Waals surface area (Å²) in [6.45, 7) is 6.43. The van der Waals surface area contributed by atoms with Gasteiger partial charge in [-0.25, -0.2) is 13.8 Å². The number of carbonyl (C=O) groups excluding carboxylic acids is 6. The number of carboxylic acid groups (broad SMARTS) is 2. The highest BCUT2D eigenvalue weighted by molar-refractivity contribution is 6.00. The number of fused-ring (bicyclic) bond motifs is 1. The number of pyridine rings is 1. The van der Waals surface area contributed by atoms with E-state index in [9.17, 15) is 57.4 Å². The van der Waals surface area contributed by atoms with Crippen LogP contribution in [0.4, 0.5) is 8.78 Å². The number of aromatic nitrogens is 1. The summed E-state index contributed by atoms with van der Waals surface area (Å²) >= 11 is 0. The first kappa shape index (κ1) is 44.9. The van der Waals surface area contributed by atoms with Gasteiger partial charge in [0.2, 0.25) is 23.6 Å². The Hall–Kier alpha value is -6.53. The molecule has 0 saturated carbocycles. The van der Waals surface area contributed by atoms with E-state index in [4.69, 9.17) is 4.74 Å². The third kappa shape index (κ3) is 13.0. The average molecular weight is 799 g/mol. The number of hydrogen-bond acceptors (Lipinski definition) is 10. The summed E-state index contributed by atoms with van der Waals surface area (Å²) < 4.78 is 32.8. The van der Waals surface area contributed by atoms with Gasteiger partial charge in [0.05, 0.1) is 18.4 Å². The van der Waals surface area contributed by atoms with Gasteiger partial charge in [-0.2, -0.15) is 0 Å². The number of carboxylic acids is 2. The molecule has 5 amide bonds. The van der Waals surface area contributed by atoms with Crippen LogP contribution in [0.5, 0.6) is 5.75 Å². The van der Waals surface area contributed by atoms with E-state index in [-0.39, 0.29) is 5.69 Å². The van der Waals surface area contributed by atoms with Crippen molar-refractivity contribution in [1.29, 1.82) is 0 Å².